The summed E-state index contributed by atoms with van der Waals surface area (Å²) in [5.74, 6) is -0.275. The summed E-state index contributed by atoms with van der Waals surface area (Å²) in [5.41, 5.74) is 4.31. The van der Waals surface area contributed by atoms with Crippen molar-refractivity contribution in [2.24, 2.45) is 0 Å². The van der Waals surface area contributed by atoms with Crippen molar-refractivity contribution in [1.82, 2.24) is 0 Å². The van der Waals surface area contributed by atoms with Crippen molar-refractivity contribution < 1.29 is 9.53 Å². The molecule has 0 heterocycles. The predicted molar refractivity (Wildman–Crippen MR) is 58.0 cm³/mol. The van der Waals surface area contributed by atoms with Gasteiger partial charge in [-0.05, 0) is 38.3 Å². The number of ether oxygens (including phenoxy) is 1. The van der Waals surface area contributed by atoms with Crippen molar-refractivity contribution in [1.29, 1.82) is 0 Å². The molecule has 2 nitrogen and oxygen atoms in total. The zero-order valence-corrected chi connectivity index (χ0v) is 9.17. The summed E-state index contributed by atoms with van der Waals surface area (Å²) in [6.45, 7) is 6.23. The predicted octanol–water partition coefficient (Wildman–Crippen LogP) is 3.01. The second-order valence-corrected chi connectivity index (χ2v) is 2.75. The largest absolute Gasteiger partial charge is 0.463 e. The molecule has 0 aromatic heterocycles. The summed E-state index contributed by atoms with van der Waals surface area (Å²) in [7, 11) is 0. The van der Waals surface area contributed by atoms with Crippen molar-refractivity contribution in [3.63, 3.8) is 0 Å². The maximum Gasteiger partial charge on any atom is 0.330 e. The fourth-order valence-corrected chi connectivity index (χ4v) is 0.997. The van der Waals surface area contributed by atoms with Gasteiger partial charge in [-0.15, -0.1) is 5.73 Å². The number of rotatable bonds is 5. The van der Waals surface area contributed by atoms with Crippen LogP contribution in [0.3, 0.4) is 0 Å². The normalized spacial score (nSPS) is 9.64. The van der Waals surface area contributed by atoms with Crippen molar-refractivity contribution >= 4 is 5.97 Å². The van der Waals surface area contributed by atoms with Crippen LogP contribution in [0.25, 0.3) is 0 Å². The highest BCUT2D eigenvalue weighted by molar-refractivity contribution is 5.81. The van der Waals surface area contributed by atoms with E-state index < -0.39 is 0 Å². The molecule has 0 aliphatic carbocycles. The van der Waals surface area contributed by atoms with Crippen LogP contribution in [0.5, 0.6) is 0 Å². The van der Waals surface area contributed by atoms with Crippen LogP contribution in [0.4, 0.5) is 0 Å². The molecule has 2 heteroatoms. The quantitative estimate of drug-likeness (QED) is 0.382. The third kappa shape index (κ3) is 6.27. The molecular weight excluding hydrogens is 176 g/mol. The van der Waals surface area contributed by atoms with Gasteiger partial charge in [0.05, 0.1) is 6.61 Å². The first kappa shape index (κ1) is 12.7. The molecule has 0 unspecified atom stereocenters. The van der Waals surface area contributed by atoms with Crippen LogP contribution in [0.2, 0.25) is 0 Å². The molecule has 0 radical (unpaired) electrons. The van der Waals surface area contributed by atoms with E-state index in [-0.39, 0.29) is 5.97 Å². The molecule has 14 heavy (non-hydrogen) atoms. The van der Waals surface area contributed by atoms with E-state index in [4.69, 9.17) is 4.74 Å². The highest BCUT2D eigenvalue weighted by atomic mass is 16.5. The maximum atomic E-state index is 10.9. The Morgan fingerprint density at radius 1 is 1.43 bits per heavy atom. The summed E-state index contributed by atoms with van der Waals surface area (Å²) in [5, 5.41) is 0. The minimum absolute atomic E-state index is 0.275. The van der Waals surface area contributed by atoms with Crippen LogP contribution in [0, 0.1) is 0 Å². The van der Waals surface area contributed by atoms with Crippen molar-refractivity contribution in [2.45, 2.75) is 33.6 Å². The van der Waals surface area contributed by atoms with E-state index >= 15 is 0 Å². The Labute approximate surface area is 86.0 Å². The van der Waals surface area contributed by atoms with Gasteiger partial charge >= 0.3 is 5.97 Å². The number of hydrogen-bond acceptors (Lipinski definition) is 2. The lowest BCUT2D eigenvalue weighted by atomic mass is 10.1. The van der Waals surface area contributed by atoms with Gasteiger partial charge in [0, 0.05) is 6.08 Å². The lowest BCUT2D eigenvalue weighted by Gasteiger charge is -1.96. The summed E-state index contributed by atoms with van der Waals surface area (Å²) in [6.07, 6.45) is 6.89. The van der Waals surface area contributed by atoms with Gasteiger partial charge in [-0.25, -0.2) is 4.79 Å². The third-order valence-electron chi connectivity index (χ3n) is 1.68. The molecule has 0 bridgehead atoms. The van der Waals surface area contributed by atoms with Crippen LogP contribution < -0.4 is 0 Å². The molecule has 0 N–H and O–H groups in total. The molecule has 0 spiro atoms. The van der Waals surface area contributed by atoms with Crippen LogP contribution in [0.1, 0.15) is 33.6 Å². The number of esters is 1. The van der Waals surface area contributed by atoms with E-state index in [9.17, 15) is 4.79 Å². The second kappa shape index (κ2) is 8.33. The number of carbonyl (C=O) groups is 1. The average Bonchev–Trinajstić information content (AvgIpc) is 2.17. The maximum absolute atomic E-state index is 10.9. The monoisotopic (exact) mass is 194 g/mol. The first-order valence-electron chi connectivity index (χ1n) is 4.96. The van der Waals surface area contributed by atoms with E-state index in [1.54, 1.807) is 6.92 Å². The molecular formula is C12H18O2. The molecule has 0 aromatic rings. The topological polar surface area (TPSA) is 26.3 Å². The Balaban J connectivity index is 4.03. The summed E-state index contributed by atoms with van der Waals surface area (Å²) < 4.78 is 4.75. The molecule has 0 fully saturated rings. The molecule has 0 saturated heterocycles. The summed E-state index contributed by atoms with van der Waals surface area (Å²) >= 11 is 0. The molecule has 0 atom stereocenters. The minimum atomic E-state index is -0.275. The third-order valence-corrected chi connectivity index (χ3v) is 1.68. The van der Waals surface area contributed by atoms with Gasteiger partial charge in [-0.1, -0.05) is 13.0 Å². The fourth-order valence-electron chi connectivity index (χ4n) is 0.997. The van der Waals surface area contributed by atoms with Gasteiger partial charge in [0.25, 0.3) is 0 Å². The van der Waals surface area contributed by atoms with Crippen LogP contribution in [0.15, 0.2) is 29.5 Å². The van der Waals surface area contributed by atoms with Gasteiger partial charge in [-0.3, -0.25) is 0 Å². The number of allylic oxidation sites excluding steroid dienone is 2. The van der Waals surface area contributed by atoms with E-state index in [0.717, 1.165) is 12.8 Å². The molecule has 0 aliphatic heterocycles. The Morgan fingerprint density at radius 3 is 2.64 bits per heavy atom. The van der Waals surface area contributed by atoms with Crippen LogP contribution >= 0.6 is 0 Å². The molecule has 0 saturated carbocycles. The highest BCUT2D eigenvalue weighted by Crippen LogP contribution is 2.05. The summed E-state index contributed by atoms with van der Waals surface area (Å²) in [6, 6.07) is 0. The van der Waals surface area contributed by atoms with Crippen molar-refractivity contribution in [2.75, 3.05) is 6.61 Å². The Hall–Kier alpha value is -1.27. The van der Waals surface area contributed by atoms with Gasteiger partial charge < -0.3 is 4.74 Å². The molecule has 0 rings (SSSR count). The van der Waals surface area contributed by atoms with Crippen molar-refractivity contribution in [3.8, 4) is 0 Å². The van der Waals surface area contributed by atoms with E-state index in [2.05, 4.69) is 12.7 Å². The molecule has 0 aliphatic rings. The first-order chi connectivity index (χ1) is 6.74. The van der Waals surface area contributed by atoms with E-state index in [0.29, 0.717) is 6.61 Å². The zero-order chi connectivity index (χ0) is 10.8. The molecule has 78 valence electrons. The molecule has 0 aromatic carbocycles. The number of hydrogen-bond donors (Lipinski definition) is 0. The average molecular weight is 194 g/mol. The number of carbonyl (C=O) groups excluding carboxylic acids is 1. The second-order valence-electron chi connectivity index (χ2n) is 2.75. The van der Waals surface area contributed by atoms with Gasteiger partial charge in [-0.2, -0.15) is 0 Å². The Bertz CT molecular complexity index is 255. The zero-order valence-electron chi connectivity index (χ0n) is 9.17. The van der Waals surface area contributed by atoms with E-state index in [1.807, 2.05) is 19.1 Å². The highest BCUT2D eigenvalue weighted by Gasteiger charge is 1.93. The minimum Gasteiger partial charge on any atom is -0.463 e. The SMILES string of the molecule is CC=C=C(CC)C/C=C/C(=O)OCC. The summed E-state index contributed by atoms with van der Waals surface area (Å²) in [4.78, 5) is 10.9. The Morgan fingerprint density at radius 2 is 2.14 bits per heavy atom. The van der Waals surface area contributed by atoms with Gasteiger partial charge in [0.1, 0.15) is 0 Å². The van der Waals surface area contributed by atoms with Crippen LogP contribution in [-0.2, 0) is 9.53 Å². The lowest BCUT2D eigenvalue weighted by Crippen LogP contribution is -1.98. The first-order valence-corrected chi connectivity index (χ1v) is 4.96. The lowest BCUT2D eigenvalue weighted by molar-refractivity contribution is -0.137. The Kier molecular flexibility index (Phi) is 7.58. The molecule has 0 amide bonds. The van der Waals surface area contributed by atoms with E-state index in [1.165, 1.54) is 11.6 Å². The van der Waals surface area contributed by atoms with Gasteiger partial charge in [0.15, 0.2) is 0 Å². The standard InChI is InChI=1S/C12H18O2/c1-4-8-11(5-2)9-7-10-12(13)14-6-3/h4,7,10H,5-6,9H2,1-3H3/b10-7+. The van der Waals surface area contributed by atoms with Gasteiger partial charge in [0.2, 0.25) is 0 Å². The van der Waals surface area contributed by atoms with Crippen molar-refractivity contribution in [3.05, 3.63) is 29.5 Å². The fraction of sp³-hybridized carbons (Fsp3) is 0.500. The van der Waals surface area contributed by atoms with Crippen LogP contribution in [-0.4, -0.2) is 12.6 Å². The smallest absolute Gasteiger partial charge is 0.330 e.